The van der Waals surface area contributed by atoms with Crippen LogP contribution in [0, 0.1) is 17.3 Å². The van der Waals surface area contributed by atoms with Gasteiger partial charge in [0.25, 0.3) is 0 Å². The number of aliphatic carboxylic acids is 1. The van der Waals surface area contributed by atoms with Gasteiger partial charge in [-0.15, -0.1) is 0 Å². The summed E-state index contributed by atoms with van der Waals surface area (Å²) in [6.07, 6.45) is -5.76. The lowest BCUT2D eigenvalue weighted by Crippen LogP contribution is -2.61. The van der Waals surface area contributed by atoms with Crippen LogP contribution in [0.15, 0.2) is 18.2 Å². The average Bonchev–Trinajstić information content (AvgIpc) is 3.03. The lowest BCUT2D eigenvalue weighted by molar-refractivity contribution is -0.301. The Morgan fingerprint density at radius 1 is 1.15 bits per heavy atom. The number of Topliss-reactive ketones (excluding diaryl/α,β-unsaturated/α-hetero) is 1. The average molecular weight is 462 g/mol. The second-order valence-electron chi connectivity index (χ2n) is 10.2. The first-order valence-corrected chi connectivity index (χ1v) is 11.6. The molecule has 5 N–H and O–H groups in total. The largest absolute Gasteiger partial charge is 0.508 e. The number of phenols is 1. The van der Waals surface area contributed by atoms with Gasteiger partial charge in [-0.2, -0.15) is 0 Å². The van der Waals surface area contributed by atoms with Gasteiger partial charge in [0.1, 0.15) is 30.2 Å². The molecule has 0 spiro atoms. The van der Waals surface area contributed by atoms with E-state index in [2.05, 4.69) is 0 Å². The topological polar surface area (TPSA) is 154 Å². The Bertz CT molecular complexity index is 963. The fraction of sp³-hybridized carbons (Fsp3) is 0.667. The molecule has 4 aliphatic rings. The molecule has 0 bridgehead atoms. The highest BCUT2D eigenvalue weighted by atomic mass is 16.7. The van der Waals surface area contributed by atoms with Crippen molar-refractivity contribution < 1.29 is 44.6 Å². The van der Waals surface area contributed by atoms with Gasteiger partial charge >= 0.3 is 5.97 Å². The quantitative estimate of drug-likeness (QED) is 0.437. The number of carboxylic acid groups (broad SMARTS) is 1. The maximum Gasteiger partial charge on any atom is 0.335 e. The molecule has 33 heavy (non-hydrogen) atoms. The van der Waals surface area contributed by atoms with Gasteiger partial charge in [0, 0.05) is 5.41 Å². The van der Waals surface area contributed by atoms with Crippen molar-refractivity contribution in [3.8, 4) is 5.75 Å². The van der Waals surface area contributed by atoms with Crippen LogP contribution in [-0.2, 0) is 25.5 Å². The number of carbonyl (C=O) groups is 2. The highest BCUT2D eigenvalue weighted by Gasteiger charge is 2.60. The number of aliphatic hydroxyl groups excluding tert-OH is 3. The van der Waals surface area contributed by atoms with Crippen LogP contribution in [0.5, 0.6) is 5.75 Å². The van der Waals surface area contributed by atoms with Gasteiger partial charge in [0.15, 0.2) is 18.2 Å². The number of phenolic OH excluding ortho intramolecular Hbond substituents is 1. The molecule has 180 valence electrons. The lowest BCUT2D eigenvalue weighted by atomic mass is 9.55. The first kappa shape index (κ1) is 22.7. The molecule has 1 heterocycles. The van der Waals surface area contributed by atoms with Gasteiger partial charge in [-0.25, -0.2) is 4.79 Å². The predicted molar refractivity (Wildman–Crippen MR) is 112 cm³/mol. The van der Waals surface area contributed by atoms with E-state index in [0.717, 1.165) is 24.8 Å². The molecular weight excluding hydrogens is 432 g/mol. The summed E-state index contributed by atoms with van der Waals surface area (Å²) in [5.74, 6) is -0.697. The summed E-state index contributed by atoms with van der Waals surface area (Å²) in [6, 6.07) is 5.52. The monoisotopic (exact) mass is 462 g/mol. The number of aryl methyl sites for hydroxylation is 1. The molecule has 2 saturated carbocycles. The van der Waals surface area contributed by atoms with Crippen LogP contribution in [-0.4, -0.2) is 74.1 Å². The number of carbonyl (C=O) groups excluding carboxylic acids is 1. The van der Waals surface area contributed by atoms with Crippen molar-refractivity contribution in [3.05, 3.63) is 29.3 Å². The first-order chi connectivity index (χ1) is 15.6. The Hall–Kier alpha value is -2.04. The Morgan fingerprint density at radius 3 is 2.64 bits per heavy atom. The minimum absolute atomic E-state index is 0.0576. The van der Waals surface area contributed by atoms with Gasteiger partial charge in [0.2, 0.25) is 0 Å². The highest BCUT2D eigenvalue weighted by Crippen LogP contribution is 2.60. The van der Waals surface area contributed by atoms with Crippen LogP contribution in [0.4, 0.5) is 0 Å². The van der Waals surface area contributed by atoms with E-state index in [4.69, 9.17) is 9.47 Å². The SMILES string of the molecule is C[C@]12CC[C@@H]3c4ccc(O)cc4CC[C@H]3[C@@H]1C[C@@H](O[C@@H]1O[C@H](C(=O)O)[C@@H](O)[C@H](O)[C@H]1O)C2=O. The molecule has 9 heteroatoms. The molecule has 5 rings (SSSR count). The summed E-state index contributed by atoms with van der Waals surface area (Å²) in [7, 11) is 0. The number of ether oxygens (including phenoxy) is 2. The standard InChI is InChI=1S/C24H30O9/c1-24-7-6-13-12-5-3-11(25)8-10(12)2-4-14(13)15(24)9-16(21(24)29)32-23-19(28)17(26)18(27)20(33-23)22(30)31/h3,5,8,13-20,23,25-28H,2,4,6-7,9H2,1H3,(H,30,31)/t13-,14-,15+,16-,17+,18+,19-,20+,23-,24+/m1/s1. The smallest absolute Gasteiger partial charge is 0.335 e. The van der Waals surface area contributed by atoms with Crippen molar-refractivity contribution in [2.24, 2.45) is 17.3 Å². The molecule has 9 nitrogen and oxygen atoms in total. The fourth-order valence-corrected chi connectivity index (χ4v) is 6.78. The second kappa shape index (κ2) is 8.02. The van der Waals surface area contributed by atoms with E-state index < -0.39 is 48.2 Å². The number of aliphatic hydroxyl groups is 3. The number of carboxylic acids is 1. The Kier molecular flexibility index (Phi) is 5.53. The molecule has 0 aromatic heterocycles. The van der Waals surface area contributed by atoms with E-state index in [9.17, 15) is 35.1 Å². The van der Waals surface area contributed by atoms with E-state index in [1.165, 1.54) is 5.56 Å². The normalized spacial score (nSPS) is 44.6. The van der Waals surface area contributed by atoms with Crippen molar-refractivity contribution in [2.75, 3.05) is 0 Å². The van der Waals surface area contributed by atoms with E-state index >= 15 is 0 Å². The van der Waals surface area contributed by atoms with Crippen LogP contribution < -0.4 is 0 Å². The zero-order valence-electron chi connectivity index (χ0n) is 18.3. The summed E-state index contributed by atoms with van der Waals surface area (Å²) < 4.78 is 11.1. The van der Waals surface area contributed by atoms with Crippen molar-refractivity contribution in [3.63, 3.8) is 0 Å². The van der Waals surface area contributed by atoms with Crippen molar-refractivity contribution in [1.29, 1.82) is 0 Å². The fourth-order valence-electron chi connectivity index (χ4n) is 6.78. The molecule has 1 saturated heterocycles. The number of ketones is 1. The number of hydrogen-bond acceptors (Lipinski definition) is 8. The third-order valence-corrected chi connectivity index (χ3v) is 8.53. The molecule has 0 unspecified atom stereocenters. The Balaban J connectivity index is 1.36. The molecule has 0 amide bonds. The van der Waals surface area contributed by atoms with Crippen molar-refractivity contribution in [2.45, 2.75) is 81.8 Å². The predicted octanol–water partition coefficient (Wildman–Crippen LogP) is 0.705. The molecule has 10 atom stereocenters. The number of fused-ring (bicyclic) bond motifs is 5. The third kappa shape index (κ3) is 3.49. The second-order valence-corrected chi connectivity index (χ2v) is 10.2. The zero-order valence-corrected chi connectivity index (χ0v) is 18.3. The van der Waals surface area contributed by atoms with Gasteiger partial charge in [-0.3, -0.25) is 4.79 Å². The van der Waals surface area contributed by atoms with Crippen LogP contribution in [0.25, 0.3) is 0 Å². The third-order valence-electron chi connectivity index (χ3n) is 8.53. The van der Waals surface area contributed by atoms with Gasteiger partial charge < -0.3 is 35.0 Å². The number of hydrogen-bond donors (Lipinski definition) is 5. The van der Waals surface area contributed by atoms with E-state index in [0.29, 0.717) is 18.8 Å². The Morgan fingerprint density at radius 2 is 1.91 bits per heavy atom. The number of aromatic hydroxyl groups is 1. The summed E-state index contributed by atoms with van der Waals surface area (Å²) in [6.45, 7) is 1.96. The first-order valence-electron chi connectivity index (χ1n) is 11.6. The van der Waals surface area contributed by atoms with E-state index in [1.54, 1.807) is 6.07 Å². The van der Waals surface area contributed by atoms with Gasteiger partial charge in [-0.1, -0.05) is 13.0 Å². The summed E-state index contributed by atoms with van der Waals surface area (Å²) >= 11 is 0. The van der Waals surface area contributed by atoms with Gasteiger partial charge in [0.05, 0.1) is 0 Å². The van der Waals surface area contributed by atoms with Crippen LogP contribution in [0.1, 0.15) is 49.7 Å². The van der Waals surface area contributed by atoms with Crippen LogP contribution >= 0.6 is 0 Å². The van der Waals surface area contributed by atoms with Gasteiger partial charge in [-0.05, 0) is 73.1 Å². The van der Waals surface area contributed by atoms with Crippen LogP contribution in [0.3, 0.4) is 0 Å². The Labute approximate surface area is 190 Å². The molecular formula is C24H30O9. The maximum absolute atomic E-state index is 13.4. The summed E-state index contributed by atoms with van der Waals surface area (Å²) in [5, 5.41) is 49.4. The molecule has 1 aromatic carbocycles. The summed E-state index contributed by atoms with van der Waals surface area (Å²) in [5.41, 5.74) is 1.79. The molecule has 3 aliphatic carbocycles. The minimum Gasteiger partial charge on any atom is -0.508 e. The van der Waals surface area contributed by atoms with Crippen molar-refractivity contribution in [1.82, 2.24) is 0 Å². The van der Waals surface area contributed by atoms with Crippen molar-refractivity contribution >= 4 is 11.8 Å². The van der Waals surface area contributed by atoms with E-state index in [-0.39, 0.29) is 23.4 Å². The molecule has 0 radical (unpaired) electrons. The molecule has 3 fully saturated rings. The van der Waals surface area contributed by atoms with Crippen LogP contribution in [0.2, 0.25) is 0 Å². The number of benzene rings is 1. The minimum atomic E-state index is -1.81. The summed E-state index contributed by atoms with van der Waals surface area (Å²) in [4.78, 5) is 24.8. The lowest BCUT2D eigenvalue weighted by Gasteiger charge is -2.48. The number of rotatable bonds is 3. The van der Waals surface area contributed by atoms with E-state index in [1.807, 2.05) is 19.1 Å². The molecule has 1 aromatic rings. The maximum atomic E-state index is 13.4. The zero-order chi connectivity index (χ0) is 23.7. The highest BCUT2D eigenvalue weighted by molar-refractivity contribution is 5.91. The molecule has 1 aliphatic heterocycles.